The Labute approximate surface area is 180 Å². The molecule has 8 nitrogen and oxygen atoms in total. The molecule has 0 amide bonds. The summed E-state index contributed by atoms with van der Waals surface area (Å²) < 4.78 is 7.41. The van der Waals surface area contributed by atoms with Gasteiger partial charge in [0.15, 0.2) is 10.2 Å². The van der Waals surface area contributed by atoms with Crippen LogP contribution in [-0.2, 0) is 24.1 Å². The van der Waals surface area contributed by atoms with Gasteiger partial charge in [0.2, 0.25) is 0 Å². The Kier molecular flexibility index (Phi) is 5.30. The van der Waals surface area contributed by atoms with Crippen LogP contribution < -0.4 is 5.56 Å². The van der Waals surface area contributed by atoms with Gasteiger partial charge in [-0.25, -0.2) is 9.97 Å². The van der Waals surface area contributed by atoms with Gasteiger partial charge in [0.05, 0.1) is 23.0 Å². The van der Waals surface area contributed by atoms with Crippen molar-refractivity contribution in [3.8, 4) is 0 Å². The van der Waals surface area contributed by atoms with Crippen molar-refractivity contribution in [2.24, 2.45) is 0 Å². The third-order valence-corrected chi connectivity index (χ3v) is 7.77. The molecule has 0 radical (unpaired) electrons. The number of hydrogen-bond donors (Lipinski definition) is 0. The number of ether oxygens (including phenoxy) is 1. The molecule has 0 unspecified atom stereocenters. The van der Waals surface area contributed by atoms with E-state index in [-0.39, 0.29) is 22.4 Å². The standard InChI is InChI=1S/C20H20N4O4S2/c25-19-16-13-6-1-2-8-15(13)29-18(16)22-20(23(19)11-12-5-4-10-28-12)30-17-14(24(26)27)7-3-9-21-17/h3,7,9,12H,1-2,4-6,8,10-11H2/t12-/m1/s1. The number of aryl methyl sites for hydroxylation is 2. The first-order valence-corrected chi connectivity index (χ1v) is 11.7. The van der Waals surface area contributed by atoms with Gasteiger partial charge in [0.25, 0.3) is 5.56 Å². The highest BCUT2D eigenvalue weighted by Gasteiger charge is 2.26. The molecule has 3 aromatic rings. The van der Waals surface area contributed by atoms with Crippen molar-refractivity contribution < 1.29 is 9.66 Å². The number of nitro groups is 1. The zero-order valence-electron chi connectivity index (χ0n) is 16.2. The van der Waals surface area contributed by atoms with E-state index in [4.69, 9.17) is 9.72 Å². The molecule has 1 aliphatic carbocycles. The number of aromatic nitrogens is 3. The molecule has 0 saturated carbocycles. The van der Waals surface area contributed by atoms with Crippen LogP contribution in [0.4, 0.5) is 5.69 Å². The Morgan fingerprint density at radius 1 is 1.33 bits per heavy atom. The van der Waals surface area contributed by atoms with Crippen LogP contribution in [0.15, 0.2) is 33.3 Å². The molecule has 30 heavy (non-hydrogen) atoms. The minimum atomic E-state index is -0.458. The van der Waals surface area contributed by atoms with Crippen molar-refractivity contribution in [2.45, 2.75) is 61.4 Å². The predicted octanol–water partition coefficient (Wildman–Crippen LogP) is 3.97. The van der Waals surface area contributed by atoms with E-state index in [1.165, 1.54) is 23.2 Å². The SMILES string of the molecule is O=c1c2c3c(sc2nc(Sc2ncccc2[N+](=O)[O-])n1C[C@H]1CCCO1)CCCC3. The maximum absolute atomic E-state index is 13.6. The number of rotatable bonds is 5. The van der Waals surface area contributed by atoms with Crippen molar-refractivity contribution in [1.29, 1.82) is 0 Å². The molecule has 5 rings (SSSR count). The zero-order chi connectivity index (χ0) is 20.7. The minimum absolute atomic E-state index is 0.0468. The van der Waals surface area contributed by atoms with E-state index in [2.05, 4.69) is 4.98 Å². The Balaban J connectivity index is 1.66. The Bertz CT molecular complexity index is 1180. The average molecular weight is 445 g/mol. The summed E-state index contributed by atoms with van der Waals surface area (Å²) in [7, 11) is 0. The highest BCUT2D eigenvalue weighted by molar-refractivity contribution is 7.99. The minimum Gasteiger partial charge on any atom is -0.376 e. The van der Waals surface area contributed by atoms with Crippen molar-refractivity contribution >= 4 is 39.0 Å². The van der Waals surface area contributed by atoms with Gasteiger partial charge < -0.3 is 4.74 Å². The van der Waals surface area contributed by atoms with Crippen LogP contribution in [0.3, 0.4) is 0 Å². The van der Waals surface area contributed by atoms with E-state index in [1.807, 2.05) is 0 Å². The fourth-order valence-electron chi connectivity index (χ4n) is 4.14. The molecule has 10 heteroatoms. The zero-order valence-corrected chi connectivity index (χ0v) is 17.8. The smallest absolute Gasteiger partial charge is 0.301 e. The van der Waals surface area contributed by atoms with Gasteiger partial charge in [-0.3, -0.25) is 19.5 Å². The van der Waals surface area contributed by atoms with Crippen LogP contribution in [0.2, 0.25) is 0 Å². The lowest BCUT2D eigenvalue weighted by Gasteiger charge is -2.16. The van der Waals surface area contributed by atoms with E-state index >= 15 is 0 Å². The van der Waals surface area contributed by atoms with Crippen LogP contribution in [0.1, 0.15) is 36.1 Å². The molecule has 1 atom stereocenters. The van der Waals surface area contributed by atoms with Crippen molar-refractivity contribution in [1.82, 2.24) is 14.5 Å². The molecule has 4 heterocycles. The summed E-state index contributed by atoms with van der Waals surface area (Å²) in [6.07, 6.45) is 7.43. The fourth-order valence-corrected chi connectivity index (χ4v) is 6.38. The number of thiophene rings is 1. The van der Waals surface area contributed by atoms with Crippen LogP contribution in [-0.4, -0.2) is 32.2 Å². The van der Waals surface area contributed by atoms with E-state index in [1.54, 1.807) is 15.9 Å². The summed E-state index contributed by atoms with van der Waals surface area (Å²) in [5, 5.41) is 12.8. The number of nitrogens with zero attached hydrogens (tertiary/aromatic N) is 4. The molecular weight excluding hydrogens is 424 g/mol. The van der Waals surface area contributed by atoms with E-state index in [9.17, 15) is 14.9 Å². The molecule has 3 aromatic heterocycles. The fraction of sp³-hybridized carbons (Fsp3) is 0.450. The second-order valence-corrected chi connectivity index (χ2v) is 9.56. The summed E-state index contributed by atoms with van der Waals surface area (Å²) >= 11 is 2.65. The maximum Gasteiger partial charge on any atom is 0.301 e. The van der Waals surface area contributed by atoms with Crippen LogP contribution in [0.25, 0.3) is 10.2 Å². The van der Waals surface area contributed by atoms with Gasteiger partial charge in [-0.15, -0.1) is 11.3 Å². The van der Waals surface area contributed by atoms with Crippen molar-refractivity contribution in [3.05, 3.63) is 49.2 Å². The summed E-state index contributed by atoms with van der Waals surface area (Å²) in [4.78, 5) is 35.5. The monoisotopic (exact) mass is 444 g/mol. The number of hydrogen-bond acceptors (Lipinski definition) is 8. The third-order valence-electron chi connectivity index (χ3n) is 5.59. The van der Waals surface area contributed by atoms with Crippen molar-refractivity contribution in [3.63, 3.8) is 0 Å². The lowest BCUT2D eigenvalue weighted by molar-refractivity contribution is -0.388. The summed E-state index contributed by atoms with van der Waals surface area (Å²) in [6.45, 7) is 1.09. The lowest BCUT2D eigenvalue weighted by atomic mass is 9.97. The molecule has 1 aliphatic heterocycles. The normalized spacial score (nSPS) is 18.6. The largest absolute Gasteiger partial charge is 0.376 e. The second-order valence-electron chi connectivity index (χ2n) is 7.52. The molecule has 2 aliphatic rings. The first-order chi connectivity index (χ1) is 14.6. The topological polar surface area (TPSA) is 100 Å². The molecular formula is C20H20N4O4S2. The third kappa shape index (κ3) is 3.52. The van der Waals surface area contributed by atoms with Gasteiger partial charge in [-0.05, 0) is 61.9 Å². The lowest BCUT2D eigenvalue weighted by Crippen LogP contribution is -2.29. The van der Waals surface area contributed by atoms with Crippen LogP contribution >= 0.6 is 23.1 Å². The first kappa shape index (κ1) is 19.7. The molecule has 0 spiro atoms. The molecule has 1 saturated heterocycles. The number of pyridine rings is 1. The molecule has 0 N–H and O–H groups in total. The van der Waals surface area contributed by atoms with Crippen molar-refractivity contribution in [2.75, 3.05) is 6.61 Å². The Morgan fingerprint density at radius 2 is 2.20 bits per heavy atom. The first-order valence-electron chi connectivity index (χ1n) is 10.1. The molecule has 1 fully saturated rings. The highest BCUT2D eigenvalue weighted by atomic mass is 32.2. The summed E-state index contributed by atoms with van der Waals surface area (Å²) in [5.74, 6) is 0. The van der Waals surface area contributed by atoms with Gasteiger partial charge in [-0.2, -0.15) is 0 Å². The summed E-state index contributed by atoms with van der Waals surface area (Å²) in [5.41, 5.74) is 0.974. The molecule has 0 aromatic carbocycles. The van der Waals surface area contributed by atoms with E-state index < -0.39 is 4.92 Å². The Morgan fingerprint density at radius 3 is 3.00 bits per heavy atom. The molecule has 0 bridgehead atoms. The number of fused-ring (bicyclic) bond motifs is 3. The summed E-state index contributed by atoms with van der Waals surface area (Å²) in [6, 6.07) is 2.95. The molecule has 156 valence electrons. The predicted molar refractivity (Wildman–Crippen MR) is 115 cm³/mol. The second kappa shape index (κ2) is 8.09. The van der Waals surface area contributed by atoms with Gasteiger partial charge in [0, 0.05) is 23.7 Å². The van der Waals surface area contributed by atoms with Gasteiger partial charge in [0.1, 0.15) is 4.83 Å². The van der Waals surface area contributed by atoms with Gasteiger partial charge in [-0.1, -0.05) is 0 Å². The Hall–Kier alpha value is -2.30. The van der Waals surface area contributed by atoms with Crippen LogP contribution in [0.5, 0.6) is 0 Å². The van der Waals surface area contributed by atoms with E-state index in [0.29, 0.717) is 23.7 Å². The average Bonchev–Trinajstić information content (AvgIpc) is 3.38. The van der Waals surface area contributed by atoms with E-state index in [0.717, 1.165) is 60.7 Å². The van der Waals surface area contributed by atoms with Crippen LogP contribution in [0, 0.1) is 10.1 Å². The highest BCUT2D eigenvalue weighted by Crippen LogP contribution is 2.37. The quantitative estimate of drug-likeness (QED) is 0.333. The van der Waals surface area contributed by atoms with Gasteiger partial charge >= 0.3 is 5.69 Å². The maximum atomic E-state index is 13.6.